The second-order valence-corrected chi connectivity index (χ2v) is 5.40. The third-order valence-corrected chi connectivity index (χ3v) is 4.01. The summed E-state index contributed by atoms with van der Waals surface area (Å²) in [6.45, 7) is 2.01. The molecule has 4 heteroatoms. The highest BCUT2D eigenvalue weighted by atomic mass is 16.5. The Labute approximate surface area is 135 Å². The zero-order valence-corrected chi connectivity index (χ0v) is 13.4. The Balaban J connectivity index is 2.01. The van der Waals surface area contributed by atoms with Gasteiger partial charge < -0.3 is 14.4 Å². The van der Waals surface area contributed by atoms with E-state index >= 15 is 0 Å². The predicted molar refractivity (Wildman–Crippen MR) is 91.3 cm³/mol. The molecule has 0 saturated heterocycles. The molecule has 1 amide bonds. The molecule has 0 N–H and O–H groups in total. The minimum Gasteiger partial charge on any atom is -0.493 e. The molecule has 1 heterocycles. The number of fused-ring (bicyclic) bond motifs is 1. The second-order valence-electron chi connectivity index (χ2n) is 5.40. The van der Waals surface area contributed by atoms with E-state index in [1.807, 2.05) is 37.3 Å². The minimum absolute atomic E-state index is 0.00880. The summed E-state index contributed by atoms with van der Waals surface area (Å²) < 4.78 is 10.5. The van der Waals surface area contributed by atoms with Crippen LogP contribution in [-0.2, 0) is 0 Å². The third kappa shape index (κ3) is 2.68. The van der Waals surface area contributed by atoms with Crippen LogP contribution in [0.5, 0.6) is 11.5 Å². The van der Waals surface area contributed by atoms with Gasteiger partial charge in [-0.05, 0) is 36.8 Å². The van der Waals surface area contributed by atoms with E-state index in [4.69, 9.17) is 9.47 Å². The van der Waals surface area contributed by atoms with Gasteiger partial charge in [0.25, 0.3) is 5.91 Å². The molecule has 0 aromatic heterocycles. The molecule has 0 bridgehead atoms. The number of para-hydroxylation sites is 1. The van der Waals surface area contributed by atoms with Crippen LogP contribution in [0.1, 0.15) is 22.8 Å². The van der Waals surface area contributed by atoms with Gasteiger partial charge in [-0.2, -0.15) is 0 Å². The SMILES string of the molecule is COc1ccc(C(=O)N2c3ccccc3C=CC2C)cc1OC. The maximum absolute atomic E-state index is 13.0. The van der Waals surface area contributed by atoms with Crippen molar-refractivity contribution in [2.24, 2.45) is 0 Å². The van der Waals surface area contributed by atoms with E-state index in [1.165, 1.54) is 0 Å². The molecule has 1 unspecified atom stereocenters. The van der Waals surface area contributed by atoms with Crippen molar-refractivity contribution < 1.29 is 14.3 Å². The van der Waals surface area contributed by atoms with Gasteiger partial charge in [0.1, 0.15) is 0 Å². The van der Waals surface area contributed by atoms with Crippen LogP contribution < -0.4 is 14.4 Å². The molecule has 3 rings (SSSR count). The molecule has 2 aromatic carbocycles. The van der Waals surface area contributed by atoms with Crippen molar-refractivity contribution in [2.75, 3.05) is 19.1 Å². The van der Waals surface area contributed by atoms with E-state index in [2.05, 4.69) is 6.08 Å². The van der Waals surface area contributed by atoms with Crippen molar-refractivity contribution in [3.63, 3.8) is 0 Å². The molecule has 0 saturated carbocycles. The Morgan fingerprint density at radius 1 is 1.04 bits per heavy atom. The lowest BCUT2D eigenvalue weighted by Gasteiger charge is -2.32. The van der Waals surface area contributed by atoms with Crippen molar-refractivity contribution in [2.45, 2.75) is 13.0 Å². The lowest BCUT2D eigenvalue weighted by molar-refractivity contribution is 0.0982. The number of nitrogens with zero attached hydrogens (tertiary/aromatic N) is 1. The Kier molecular flexibility index (Phi) is 4.06. The van der Waals surface area contributed by atoms with E-state index in [0.29, 0.717) is 17.1 Å². The highest BCUT2D eigenvalue weighted by molar-refractivity contribution is 6.08. The maximum atomic E-state index is 13.0. The van der Waals surface area contributed by atoms with Gasteiger partial charge in [-0.3, -0.25) is 4.79 Å². The lowest BCUT2D eigenvalue weighted by atomic mass is 10.0. The van der Waals surface area contributed by atoms with Crippen molar-refractivity contribution in [3.05, 3.63) is 59.7 Å². The molecule has 1 aliphatic rings. The number of carbonyl (C=O) groups excluding carboxylic acids is 1. The zero-order chi connectivity index (χ0) is 16.4. The lowest BCUT2D eigenvalue weighted by Crippen LogP contribution is -2.39. The summed E-state index contributed by atoms with van der Waals surface area (Å²) in [5.74, 6) is 1.10. The number of ether oxygens (including phenoxy) is 2. The molecule has 0 aliphatic carbocycles. The molecule has 4 nitrogen and oxygen atoms in total. The van der Waals surface area contributed by atoms with Crippen molar-refractivity contribution in [1.82, 2.24) is 0 Å². The smallest absolute Gasteiger partial charge is 0.258 e. The van der Waals surface area contributed by atoms with Crippen molar-refractivity contribution in [3.8, 4) is 11.5 Å². The quantitative estimate of drug-likeness (QED) is 0.866. The zero-order valence-electron chi connectivity index (χ0n) is 13.4. The van der Waals surface area contributed by atoms with Crippen LogP contribution in [0.3, 0.4) is 0 Å². The molecular weight excluding hydrogens is 290 g/mol. The van der Waals surface area contributed by atoms with Crippen molar-refractivity contribution in [1.29, 1.82) is 0 Å². The van der Waals surface area contributed by atoms with E-state index in [-0.39, 0.29) is 11.9 Å². The number of benzene rings is 2. The molecule has 1 aliphatic heterocycles. The number of methoxy groups -OCH3 is 2. The summed E-state index contributed by atoms with van der Waals surface area (Å²) in [5.41, 5.74) is 2.53. The van der Waals surface area contributed by atoms with Crippen molar-refractivity contribution >= 4 is 17.7 Å². The standard InChI is InChI=1S/C19H19NO3/c1-13-8-9-14-6-4-5-7-16(14)20(13)19(21)15-10-11-17(22-2)18(12-15)23-3/h4-13H,1-3H3. The first-order valence-corrected chi connectivity index (χ1v) is 7.48. The summed E-state index contributed by atoms with van der Waals surface area (Å²) >= 11 is 0. The number of rotatable bonds is 3. The minimum atomic E-state index is -0.0600. The fourth-order valence-corrected chi connectivity index (χ4v) is 2.80. The van der Waals surface area contributed by atoms with Crippen LogP contribution in [-0.4, -0.2) is 26.2 Å². The van der Waals surface area contributed by atoms with Crippen LogP contribution in [0.4, 0.5) is 5.69 Å². The average molecular weight is 309 g/mol. The first-order valence-electron chi connectivity index (χ1n) is 7.48. The Hall–Kier alpha value is -2.75. The molecule has 0 fully saturated rings. The average Bonchev–Trinajstić information content (AvgIpc) is 2.60. The van der Waals surface area contributed by atoms with Crippen LogP contribution in [0, 0.1) is 0 Å². The third-order valence-electron chi connectivity index (χ3n) is 4.01. The van der Waals surface area contributed by atoms with Crippen LogP contribution in [0.2, 0.25) is 0 Å². The Bertz CT molecular complexity index is 767. The number of amides is 1. The largest absolute Gasteiger partial charge is 0.493 e. The number of hydrogen-bond acceptors (Lipinski definition) is 3. The summed E-state index contributed by atoms with van der Waals surface area (Å²) in [6.07, 6.45) is 4.08. The Morgan fingerprint density at radius 2 is 1.78 bits per heavy atom. The maximum Gasteiger partial charge on any atom is 0.258 e. The molecule has 2 aromatic rings. The monoisotopic (exact) mass is 309 g/mol. The van der Waals surface area contributed by atoms with E-state index < -0.39 is 0 Å². The first kappa shape index (κ1) is 15.2. The van der Waals surface area contributed by atoms with Crippen LogP contribution in [0.25, 0.3) is 6.08 Å². The number of anilines is 1. The number of hydrogen-bond donors (Lipinski definition) is 0. The fraction of sp³-hybridized carbons (Fsp3) is 0.211. The summed E-state index contributed by atoms with van der Waals surface area (Å²) in [7, 11) is 3.14. The van der Waals surface area contributed by atoms with Crippen LogP contribution in [0.15, 0.2) is 48.5 Å². The normalized spacial score (nSPS) is 16.0. The molecule has 118 valence electrons. The summed E-state index contributed by atoms with van der Waals surface area (Å²) in [5, 5.41) is 0. The van der Waals surface area contributed by atoms with Gasteiger partial charge in [0.15, 0.2) is 11.5 Å². The second kappa shape index (κ2) is 6.16. The molecule has 1 atom stereocenters. The summed E-state index contributed by atoms with van der Waals surface area (Å²) in [6, 6.07) is 13.1. The number of carbonyl (C=O) groups is 1. The van der Waals surface area contributed by atoms with Gasteiger partial charge in [-0.15, -0.1) is 0 Å². The molecular formula is C19H19NO3. The molecule has 0 spiro atoms. The van der Waals surface area contributed by atoms with Gasteiger partial charge >= 0.3 is 0 Å². The van der Waals surface area contributed by atoms with E-state index in [1.54, 1.807) is 37.3 Å². The highest BCUT2D eigenvalue weighted by Crippen LogP contribution is 2.32. The van der Waals surface area contributed by atoms with Gasteiger partial charge in [0.2, 0.25) is 0 Å². The highest BCUT2D eigenvalue weighted by Gasteiger charge is 2.26. The topological polar surface area (TPSA) is 38.8 Å². The van der Waals surface area contributed by atoms with E-state index in [9.17, 15) is 4.79 Å². The van der Waals surface area contributed by atoms with Gasteiger partial charge in [0, 0.05) is 5.56 Å². The van der Waals surface area contributed by atoms with Gasteiger partial charge in [0.05, 0.1) is 25.9 Å². The van der Waals surface area contributed by atoms with Crippen LogP contribution >= 0.6 is 0 Å². The van der Waals surface area contributed by atoms with Gasteiger partial charge in [-0.1, -0.05) is 30.4 Å². The first-order chi connectivity index (χ1) is 11.2. The fourth-order valence-electron chi connectivity index (χ4n) is 2.80. The van der Waals surface area contributed by atoms with E-state index in [0.717, 1.165) is 11.3 Å². The predicted octanol–water partition coefficient (Wildman–Crippen LogP) is 3.77. The van der Waals surface area contributed by atoms with Gasteiger partial charge in [-0.25, -0.2) is 0 Å². The summed E-state index contributed by atoms with van der Waals surface area (Å²) in [4.78, 5) is 14.8. The molecule has 0 radical (unpaired) electrons. The molecule has 23 heavy (non-hydrogen) atoms. The Morgan fingerprint density at radius 3 is 2.52 bits per heavy atom.